The molecule has 1 aromatic carbocycles. The fourth-order valence-corrected chi connectivity index (χ4v) is 6.84. The molecule has 3 fully saturated rings. The van der Waals surface area contributed by atoms with Crippen molar-refractivity contribution in [1.82, 2.24) is 4.90 Å². The van der Waals surface area contributed by atoms with Gasteiger partial charge in [0.1, 0.15) is 17.6 Å². The number of hydrogen-bond donors (Lipinski definition) is 1. The Morgan fingerprint density at radius 1 is 1.29 bits per heavy atom. The van der Waals surface area contributed by atoms with Crippen LogP contribution in [0.15, 0.2) is 49.6 Å². The number of aliphatic hydroxyl groups is 1. The number of para-hydroxylation sites is 1. The molecular weight excluding hydrogens is 508 g/mol. The molecule has 0 saturated carbocycles. The van der Waals surface area contributed by atoms with E-state index in [1.807, 2.05) is 13.8 Å². The van der Waals surface area contributed by atoms with Crippen LogP contribution in [-0.2, 0) is 23.9 Å². The monoisotopic (exact) mass is 544 g/mol. The minimum absolute atomic E-state index is 0.0986. The zero-order valence-electron chi connectivity index (χ0n) is 22.1. The number of likely N-dealkylation sites (tertiary alicyclic amines) is 1. The molecule has 4 rings (SSSR count). The van der Waals surface area contributed by atoms with Gasteiger partial charge in [0, 0.05) is 19.7 Å². The summed E-state index contributed by atoms with van der Waals surface area (Å²) in [6, 6.07) is 6.01. The number of esters is 1. The first kappa shape index (κ1) is 28.3. The molecule has 1 spiro atoms. The summed E-state index contributed by atoms with van der Waals surface area (Å²) in [5.41, 5.74) is -1.66. The van der Waals surface area contributed by atoms with Crippen LogP contribution in [-0.4, -0.2) is 71.3 Å². The van der Waals surface area contributed by atoms with E-state index in [-0.39, 0.29) is 50.5 Å². The van der Waals surface area contributed by atoms with E-state index in [9.17, 15) is 19.5 Å². The Balaban J connectivity index is 1.77. The number of halogens is 1. The van der Waals surface area contributed by atoms with Crippen LogP contribution in [0.2, 0.25) is 5.02 Å². The van der Waals surface area contributed by atoms with Crippen molar-refractivity contribution in [1.29, 1.82) is 0 Å². The maximum Gasteiger partial charge on any atom is 0.312 e. The van der Waals surface area contributed by atoms with Crippen LogP contribution in [0.1, 0.15) is 39.5 Å². The number of rotatable bonds is 12. The lowest BCUT2D eigenvalue weighted by Crippen LogP contribution is -2.57. The van der Waals surface area contributed by atoms with Gasteiger partial charge in [-0.25, -0.2) is 0 Å². The smallest absolute Gasteiger partial charge is 0.312 e. The molecule has 8 nitrogen and oxygen atoms in total. The first-order valence-corrected chi connectivity index (χ1v) is 13.6. The fraction of sp³-hybridized carbons (Fsp3) is 0.552. The van der Waals surface area contributed by atoms with Crippen LogP contribution >= 0.6 is 11.6 Å². The highest BCUT2D eigenvalue weighted by molar-refractivity contribution is 6.34. The molecule has 9 heteroatoms. The Kier molecular flexibility index (Phi) is 8.35. The van der Waals surface area contributed by atoms with Gasteiger partial charge in [0.2, 0.25) is 5.91 Å². The van der Waals surface area contributed by atoms with Crippen molar-refractivity contribution in [3.05, 3.63) is 54.6 Å². The predicted octanol–water partition coefficient (Wildman–Crippen LogP) is 3.76. The third-order valence-corrected chi connectivity index (χ3v) is 8.70. The molecule has 1 N–H and O–H groups in total. The van der Waals surface area contributed by atoms with Gasteiger partial charge in [0.15, 0.2) is 0 Å². The Morgan fingerprint density at radius 3 is 2.68 bits per heavy atom. The van der Waals surface area contributed by atoms with Gasteiger partial charge in [-0.3, -0.25) is 14.4 Å². The Bertz CT molecular complexity index is 1110. The van der Waals surface area contributed by atoms with Crippen molar-refractivity contribution in [2.24, 2.45) is 17.8 Å². The highest BCUT2D eigenvalue weighted by Crippen LogP contribution is 2.65. The second-order valence-corrected chi connectivity index (χ2v) is 11.0. The summed E-state index contributed by atoms with van der Waals surface area (Å²) in [6.45, 7) is 11.7. The van der Waals surface area contributed by atoms with E-state index in [0.717, 1.165) is 0 Å². The predicted molar refractivity (Wildman–Crippen MR) is 145 cm³/mol. The highest BCUT2D eigenvalue weighted by Gasteiger charge is 2.80. The van der Waals surface area contributed by atoms with E-state index in [0.29, 0.717) is 30.0 Å². The number of allylic oxidation sites excluding steroid dienone is 1. The van der Waals surface area contributed by atoms with Crippen LogP contribution in [0.25, 0.3) is 0 Å². The number of aliphatic hydroxyl groups excluding tert-OH is 1. The molecule has 2 bridgehead atoms. The summed E-state index contributed by atoms with van der Waals surface area (Å²) in [5, 5.41) is 9.96. The quantitative estimate of drug-likeness (QED) is 0.244. The number of benzene rings is 1. The lowest BCUT2D eigenvalue weighted by Gasteiger charge is -2.37. The summed E-state index contributed by atoms with van der Waals surface area (Å²) >= 11 is 6.48. The van der Waals surface area contributed by atoms with Gasteiger partial charge >= 0.3 is 5.97 Å². The first-order valence-electron chi connectivity index (χ1n) is 13.2. The number of hydrogen-bond acceptors (Lipinski definition) is 6. The lowest BCUT2D eigenvalue weighted by molar-refractivity contribution is -0.161. The summed E-state index contributed by atoms with van der Waals surface area (Å²) in [6.07, 6.45) is 5.44. The van der Waals surface area contributed by atoms with Crippen molar-refractivity contribution in [2.45, 2.75) is 56.8 Å². The number of unbranched alkanes of at least 4 members (excludes halogenated alkanes) is 1. The average Bonchev–Trinajstić information content (AvgIpc) is 3.40. The molecule has 1 aromatic rings. The van der Waals surface area contributed by atoms with Crippen molar-refractivity contribution >= 4 is 35.1 Å². The maximum absolute atomic E-state index is 14.4. The largest absolute Gasteiger partial charge is 0.465 e. The number of carbonyl (C=O) groups is 3. The van der Waals surface area contributed by atoms with E-state index < -0.39 is 35.0 Å². The topological polar surface area (TPSA) is 96.4 Å². The van der Waals surface area contributed by atoms with Crippen molar-refractivity contribution in [3.8, 4) is 0 Å². The zero-order chi connectivity index (χ0) is 27.7. The molecule has 3 saturated heterocycles. The molecule has 0 radical (unpaired) electrons. The second kappa shape index (κ2) is 11.2. The van der Waals surface area contributed by atoms with E-state index in [1.54, 1.807) is 36.4 Å². The number of fused-ring (bicyclic) bond motifs is 1. The third-order valence-electron chi connectivity index (χ3n) is 8.38. The molecule has 3 heterocycles. The Morgan fingerprint density at radius 2 is 2.03 bits per heavy atom. The number of nitrogens with zero attached hydrogens (tertiary/aromatic N) is 2. The van der Waals surface area contributed by atoms with E-state index in [2.05, 4.69) is 13.2 Å². The number of anilines is 1. The third kappa shape index (κ3) is 4.46. The normalized spacial score (nSPS) is 31.3. The molecule has 0 aromatic heterocycles. The van der Waals surface area contributed by atoms with Crippen LogP contribution < -0.4 is 4.90 Å². The Labute approximate surface area is 229 Å². The van der Waals surface area contributed by atoms with Gasteiger partial charge in [-0.15, -0.1) is 13.2 Å². The van der Waals surface area contributed by atoms with Crippen LogP contribution in [0.4, 0.5) is 5.69 Å². The summed E-state index contributed by atoms with van der Waals surface area (Å²) in [7, 11) is 0. The zero-order valence-corrected chi connectivity index (χ0v) is 22.9. The molecule has 38 heavy (non-hydrogen) atoms. The van der Waals surface area contributed by atoms with Crippen molar-refractivity contribution in [2.75, 3.05) is 31.2 Å². The van der Waals surface area contributed by atoms with Gasteiger partial charge in [0.25, 0.3) is 5.91 Å². The first-order chi connectivity index (χ1) is 18.2. The molecule has 0 aliphatic carbocycles. The summed E-state index contributed by atoms with van der Waals surface area (Å²) in [5.74, 6) is -2.96. The van der Waals surface area contributed by atoms with Crippen LogP contribution in [0.3, 0.4) is 0 Å². The Hall–Kier alpha value is -2.68. The number of amides is 2. The van der Waals surface area contributed by atoms with Gasteiger partial charge in [-0.1, -0.05) is 42.8 Å². The SMILES string of the molecule is C=CCCCOC(=O)[C@@H]1[C@H]2C(=O)N(CCCO)C(C(=O)N(CC=C)c3ccccc3Cl)C23CC(C)[C@@]1(C)O3. The van der Waals surface area contributed by atoms with E-state index in [1.165, 1.54) is 9.80 Å². The fourth-order valence-electron chi connectivity index (χ4n) is 6.60. The molecule has 3 aliphatic rings. The molecular formula is C29H37ClN2O6. The van der Waals surface area contributed by atoms with E-state index >= 15 is 0 Å². The standard InChI is InChI=1S/C29H37ClN2O6/c1-5-7-10-17-37-27(36)23-22-25(34)32(15-11-16-33)24(29(22)18-19(3)28(23,4)38-29)26(35)31(14-6-2)21-13-9-8-12-20(21)30/h5-6,8-9,12-13,19,22-24,33H,1-2,7,10-11,14-18H2,3-4H3/t19?,22-,23-,24?,28+,29?/m0/s1. The van der Waals surface area contributed by atoms with Crippen LogP contribution in [0.5, 0.6) is 0 Å². The highest BCUT2D eigenvalue weighted by atomic mass is 35.5. The molecule has 6 atom stereocenters. The van der Waals surface area contributed by atoms with Crippen LogP contribution in [0, 0.1) is 17.8 Å². The molecule has 3 aliphatic heterocycles. The molecule has 2 amide bonds. The van der Waals surface area contributed by atoms with Gasteiger partial charge in [0.05, 0.1) is 28.8 Å². The average molecular weight is 545 g/mol. The van der Waals surface area contributed by atoms with Gasteiger partial charge in [-0.2, -0.15) is 0 Å². The lowest BCUT2D eigenvalue weighted by atomic mass is 9.62. The minimum Gasteiger partial charge on any atom is -0.465 e. The minimum atomic E-state index is -1.21. The number of ether oxygens (including phenoxy) is 2. The number of carbonyl (C=O) groups excluding carboxylic acids is 3. The molecule has 206 valence electrons. The maximum atomic E-state index is 14.4. The van der Waals surface area contributed by atoms with Crippen molar-refractivity contribution < 1.29 is 29.0 Å². The summed E-state index contributed by atoms with van der Waals surface area (Å²) in [4.78, 5) is 44.9. The molecule has 3 unspecified atom stereocenters. The van der Waals surface area contributed by atoms with Crippen molar-refractivity contribution in [3.63, 3.8) is 0 Å². The van der Waals surface area contributed by atoms with Gasteiger partial charge < -0.3 is 24.4 Å². The summed E-state index contributed by atoms with van der Waals surface area (Å²) < 4.78 is 12.3. The second-order valence-electron chi connectivity index (χ2n) is 10.6. The van der Waals surface area contributed by atoms with E-state index in [4.69, 9.17) is 21.1 Å². The van der Waals surface area contributed by atoms with Gasteiger partial charge in [-0.05, 0) is 50.7 Å².